The average molecular weight is 300 g/mol. The zero-order chi connectivity index (χ0) is 15.0. The minimum Gasteiger partial charge on any atom is -0.354 e. The standard InChI is InChI=1S/C13H17FN2O3S/c1-13(2)8-15-12(17)7-16(9-13)20(18,19)11-5-3-10(14)4-6-11/h3-6H,7-9H2,1-2H3,(H,15,17). The van der Waals surface area contributed by atoms with Gasteiger partial charge >= 0.3 is 0 Å². The van der Waals surface area contributed by atoms with Gasteiger partial charge in [-0.25, -0.2) is 12.8 Å². The molecule has 0 bridgehead atoms. The Morgan fingerprint density at radius 2 is 1.85 bits per heavy atom. The van der Waals surface area contributed by atoms with Gasteiger partial charge in [-0.3, -0.25) is 4.79 Å². The fraction of sp³-hybridized carbons (Fsp3) is 0.462. The van der Waals surface area contributed by atoms with Crippen LogP contribution in [0.5, 0.6) is 0 Å². The summed E-state index contributed by atoms with van der Waals surface area (Å²) in [5.74, 6) is -0.834. The third-order valence-electron chi connectivity index (χ3n) is 3.14. The van der Waals surface area contributed by atoms with Crippen molar-refractivity contribution in [2.75, 3.05) is 19.6 Å². The van der Waals surface area contributed by atoms with E-state index in [9.17, 15) is 17.6 Å². The summed E-state index contributed by atoms with van der Waals surface area (Å²) in [6, 6.07) is 4.60. The topological polar surface area (TPSA) is 66.5 Å². The molecule has 1 fully saturated rings. The minimum atomic E-state index is -3.80. The molecule has 0 atom stereocenters. The Balaban J connectivity index is 2.36. The summed E-state index contributed by atoms with van der Waals surface area (Å²) >= 11 is 0. The molecule has 2 rings (SSSR count). The number of hydrogen-bond acceptors (Lipinski definition) is 3. The first kappa shape index (κ1) is 14.9. The molecule has 1 amide bonds. The maximum Gasteiger partial charge on any atom is 0.243 e. The fourth-order valence-electron chi connectivity index (χ4n) is 2.07. The largest absolute Gasteiger partial charge is 0.354 e. The second-order valence-electron chi connectivity index (χ2n) is 5.67. The van der Waals surface area contributed by atoms with Crippen molar-refractivity contribution in [3.05, 3.63) is 30.1 Å². The van der Waals surface area contributed by atoms with Crippen LogP contribution in [0.4, 0.5) is 4.39 Å². The predicted octanol–water partition coefficient (Wildman–Crippen LogP) is 0.972. The summed E-state index contributed by atoms with van der Waals surface area (Å²) in [5.41, 5.74) is -0.362. The molecule has 5 nitrogen and oxygen atoms in total. The van der Waals surface area contributed by atoms with E-state index in [1.165, 1.54) is 12.1 Å². The highest BCUT2D eigenvalue weighted by atomic mass is 32.2. The number of benzene rings is 1. The van der Waals surface area contributed by atoms with E-state index in [1.807, 2.05) is 13.8 Å². The summed E-state index contributed by atoms with van der Waals surface area (Å²) in [7, 11) is -3.80. The van der Waals surface area contributed by atoms with Gasteiger partial charge in [-0.2, -0.15) is 4.31 Å². The van der Waals surface area contributed by atoms with Crippen LogP contribution < -0.4 is 5.32 Å². The van der Waals surface area contributed by atoms with E-state index < -0.39 is 15.8 Å². The number of halogens is 1. The van der Waals surface area contributed by atoms with Crippen LogP contribution in [0.25, 0.3) is 0 Å². The first-order valence-corrected chi connectivity index (χ1v) is 7.67. The van der Waals surface area contributed by atoms with Crippen molar-refractivity contribution in [3.8, 4) is 0 Å². The highest BCUT2D eigenvalue weighted by molar-refractivity contribution is 7.89. The van der Waals surface area contributed by atoms with Gasteiger partial charge < -0.3 is 5.32 Å². The molecule has 1 aliphatic rings. The third-order valence-corrected chi connectivity index (χ3v) is 4.95. The Morgan fingerprint density at radius 1 is 1.25 bits per heavy atom. The molecule has 1 aromatic rings. The van der Waals surface area contributed by atoms with Crippen LogP contribution in [-0.4, -0.2) is 38.3 Å². The van der Waals surface area contributed by atoms with Crippen molar-refractivity contribution in [1.82, 2.24) is 9.62 Å². The molecule has 1 saturated heterocycles. The maximum absolute atomic E-state index is 12.9. The molecule has 0 unspecified atom stereocenters. The first-order valence-electron chi connectivity index (χ1n) is 6.23. The van der Waals surface area contributed by atoms with Gasteiger partial charge in [0.1, 0.15) is 5.82 Å². The highest BCUT2D eigenvalue weighted by Crippen LogP contribution is 2.24. The lowest BCUT2D eigenvalue weighted by molar-refractivity contribution is -0.120. The van der Waals surface area contributed by atoms with Crippen LogP contribution in [0, 0.1) is 11.2 Å². The van der Waals surface area contributed by atoms with Gasteiger partial charge in [-0.1, -0.05) is 13.8 Å². The summed E-state index contributed by atoms with van der Waals surface area (Å²) in [4.78, 5) is 11.6. The summed E-state index contributed by atoms with van der Waals surface area (Å²) in [6.07, 6.45) is 0. The zero-order valence-electron chi connectivity index (χ0n) is 11.4. The molecule has 0 saturated carbocycles. The fourth-order valence-corrected chi connectivity index (χ4v) is 3.65. The highest BCUT2D eigenvalue weighted by Gasteiger charge is 2.35. The number of nitrogens with zero attached hydrogens (tertiary/aromatic N) is 1. The van der Waals surface area contributed by atoms with Gasteiger partial charge in [0.25, 0.3) is 0 Å². The lowest BCUT2D eigenvalue weighted by Crippen LogP contribution is -2.39. The van der Waals surface area contributed by atoms with E-state index in [-0.39, 0.29) is 29.3 Å². The van der Waals surface area contributed by atoms with Crippen molar-refractivity contribution in [2.24, 2.45) is 5.41 Å². The number of hydrogen-bond donors (Lipinski definition) is 1. The van der Waals surface area contributed by atoms with E-state index in [2.05, 4.69) is 5.32 Å². The van der Waals surface area contributed by atoms with Crippen molar-refractivity contribution < 1.29 is 17.6 Å². The molecule has 0 aromatic heterocycles. The molecule has 0 aliphatic carbocycles. The molecular weight excluding hydrogens is 283 g/mol. The van der Waals surface area contributed by atoms with Gasteiger partial charge in [0.05, 0.1) is 11.4 Å². The lowest BCUT2D eigenvalue weighted by atomic mass is 9.94. The first-order chi connectivity index (χ1) is 9.21. The molecule has 110 valence electrons. The molecule has 7 heteroatoms. The molecule has 20 heavy (non-hydrogen) atoms. The minimum absolute atomic E-state index is 0.00981. The van der Waals surface area contributed by atoms with E-state index in [0.29, 0.717) is 6.54 Å². The predicted molar refractivity (Wildman–Crippen MR) is 71.9 cm³/mol. The van der Waals surface area contributed by atoms with Gasteiger partial charge in [0.15, 0.2) is 0 Å². The Hall–Kier alpha value is -1.47. The van der Waals surface area contributed by atoms with Crippen LogP contribution in [0.15, 0.2) is 29.2 Å². The molecular formula is C13H17FN2O3S. The Morgan fingerprint density at radius 3 is 2.45 bits per heavy atom. The Bertz CT molecular complexity index is 611. The van der Waals surface area contributed by atoms with E-state index in [0.717, 1.165) is 16.4 Å². The number of rotatable bonds is 2. The Labute approximate surface area is 117 Å². The number of carbonyl (C=O) groups excluding carboxylic acids is 1. The molecule has 1 aromatic carbocycles. The van der Waals surface area contributed by atoms with Gasteiger partial charge in [0, 0.05) is 13.1 Å². The number of carbonyl (C=O) groups is 1. The van der Waals surface area contributed by atoms with Crippen molar-refractivity contribution in [3.63, 3.8) is 0 Å². The normalized spacial score (nSPS) is 20.2. The number of sulfonamides is 1. The van der Waals surface area contributed by atoms with Crippen LogP contribution in [0.3, 0.4) is 0 Å². The van der Waals surface area contributed by atoms with Crippen LogP contribution in [0.1, 0.15) is 13.8 Å². The molecule has 1 N–H and O–H groups in total. The van der Waals surface area contributed by atoms with E-state index in [4.69, 9.17) is 0 Å². The zero-order valence-corrected chi connectivity index (χ0v) is 12.2. The maximum atomic E-state index is 12.9. The van der Waals surface area contributed by atoms with Gasteiger partial charge in [-0.15, -0.1) is 0 Å². The van der Waals surface area contributed by atoms with Gasteiger partial charge in [-0.05, 0) is 29.7 Å². The summed E-state index contributed by atoms with van der Waals surface area (Å²) < 4.78 is 39.1. The van der Waals surface area contributed by atoms with E-state index >= 15 is 0 Å². The summed E-state index contributed by atoms with van der Waals surface area (Å²) in [5, 5.41) is 2.69. The smallest absolute Gasteiger partial charge is 0.243 e. The lowest BCUT2D eigenvalue weighted by Gasteiger charge is -2.27. The van der Waals surface area contributed by atoms with Crippen LogP contribution in [-0.2, 0) is 14.8 Å². The number of amides is 1. The van der Waals surface area contributed by atoms with Crippen molar-refractivity contribution >= 4 is 15.9 Å². The number of nitrogens with one attached hydrogen (secondary N) is 1. The monoisotopic (exact) mass is 300 g/mol. The second-order valence-corrected chi connectivity index (χ2v) is 7.61. The Kier molecular flexibility index (Phi) is 3.84. The van der Waals surface area contributed by atoms with Crippen molar-refractivity contribution in [2.45, 2.75) is 18.7 Å². The van der Waals surface area contributed by atoms with Crippen LogP contribution >= 0.6 is 0 Å². The third kappa shape index (κ3) is 3.16. The van der Waals surface area contributed by atoms with Gasteiger partial charge in [0.2, 0.25) is 15.9 Å². The second kappa shape index (κ2) is 5.14. The average Bonchev–Trinajstić information content (AvgIpc) is 2.49. The quantitative estimate of drug-likeness (QED) is 0.885. The summed E-state index contributed by atoms with van der Waals surface area (Å²) in [6.45, 7) is 4.19. The van der Waals surface area contributed by atoms with Crippen LogP contribution in [0.2, 0.25) is 0 Å². The van der Waals surface area contributed by atoms with E-state index in [1.54, 1.807) is 0 Å². The SMILES string of the molecule is CC1(C)CNC(=O)CN(S(=O)(=O)c2ccc(F)cc2)C1. The molecule has 0 spiro atoms. The molecule has 1 aliphatic heterocycles. The van der Waals surface area contributed by atoms with Crippen molar-refractivity contribution in [1.29, 1.82) is 0 Å². The molecule has 0 radical (unpaired) electrons. The molecule has 1 heterocycles.